The Morgan fingerprint density at radius 1 is 1.31 bits per heavy atom. The predicted octanol–water partition coefficient (Wildman–Crippen LogP) is 4.50. The van der Waals surface area contributed by atoms with E-state index in [0.29, 0.717) is 43.5 Å². The predicted molar refractivity (Wildman–Crippen MR) is 180 cm³/mol. The minimum atomic E-state index is -2.06. The van der Waals surface area contributed by atoms with Crippen LogP contribution in [0.15, 0.2) is 30.5 Å². The third kappa shape index (κ3) is 6.99. The van der Waals surface area contributed by atoms with Crippen molar-refractivity contribution in [3.05, 3.63) is 47.3 Å². The van der Waals surface area contributed by atoms with E-state index in [1.165, 1.54) is 7.41 Å². The zero-order valence-corrected chi connectivity index (χ0v) is 28.7. The number of morpholine rings is 1. The van der Waals surface area contributed by atoms with Crippen LogP contribution in [0, 0.1) is 18.3 Å². The van der Waals surface area contributed by atoms with Gasteiger partial charge in [0, 0.05) is 55.2 Å². The molecule has 45 heavy (non-hydrogen) atoms. The van der Waals surface area contributed by atoms with E-state index in [-0.39, 0.29) is 11.1 Å². The Balaban J connectivity index is 1.46. The maximum Gasteiger partial charge on any atom is 0.329 e. The molecule has 0 bridgehead atoms. The zero-order chi connectivity index (χ0) is 32.6. The Labute approximate surface area is 268 Å². The summed E-state index contributed by atoms with van der Waals surface area (Å²) in [4.78, 5) is 25.1. The van der Waals surface area contributed by atoms with Crippen LogP contribution in [-0.2, 0) is 25.9 Å². The van der Waals surface area contributed by atoms with Crippen molar-refractivity contribution in [3.63, 3.8) is 0 Å². The molecule has 0 aliphatic carbocycles. The number of hydrogen-bond donors (Lipinski definition) is 1. The number of likely N-dealkylation sites (N-methyl/N-ethyl adjacent to an activating group) is 1. The number of nitrogens with zero attached hydrogens (tertiary/aromatic N) is 7. The average Bonchev–Trinajstić information content (AvgIpc) is 3.46. The van der Waals surface area contributed by atoms with Crippen LogP contribution in [0.2, 0.25) is 18.1 Å². The molecule has 13 heteroatoms. The first kappa shape index (κ1) is 32.8. The van der Waals surface area contributed by atoms with Crippen LogP contribution in [0.4, 0.5) is 17.5 Å². The van der Waals surface area contributed by atoms with E-state index >= 15 is 0 Å². The van der Waals surface area contributed by atoms with Gasteiger partial charge >= 0.3 is 7.41 Å². The van der Waals surface area contributed by atoms with Crippen molar-refractivity contribution < 1.29 is 14.0 Å². The maximum absolute atomic E-state index is 11.6. The van der Waals surface area contributed by atoms with Gasteiger partial charge in [-0.05, 0) is 55.9 Å². The highest BCUT2D eigenvalue weighted by Gasteiger charge is 2.44. The summed E-state index contributed by atoms with van der Waals surface area (Å²) in [6.07, 6.45) is 2.52. The fraction of sp³-hybridized carbons (Fsp3) is 0.531. The molecule has 1 aromatic carbocycles. The molecule has 1 radical (unpaired) electrons. The largest absolute Gasteiger partial charge is 0.416 e. The van der Waals surface area contributed by atoms with Crippen molar-refractivity contribution in [1.82, 2.24) is 24.6 Å². The smallest absolute Gasteiger partial charge is 0.329 e. The Bertz CT molecular complexity index is 1600. The van der Waals surface area contributed by atoms with E-state index < -0.39 is 13.7 Å². The number of aromatic nitrogens is 4. The number of rotatable bonds is 10. The molecule has 0 spiro atoms. The number of fused-ring (bicyclic) bond motifs is 1. The van der Waals surface area contributed by atoms with Gasteiger partial charge in [0.15, 0.2) is 8.32 Å². The highest BCUT2D eigenvalue weighted by molar-refractivity contribution is 6.74. The fourth-order valence-electron chi connectivity index (χ4n) is 5.71. The lowest BCUT2D eigenvalue weighted by molar-refractivity contribution is -0.0287. The molecule has 4 heterocycles. The van der Waals surface area contributed by atoms with E-state index in [1.54, 1.807) is 6.20 Å². The number of carbonyl (C=O) groups excluding carboxylic acids is 1. The highest BCUT2D eigenvalue weighted by atomic mass is 28.4. The second-order valence-electron chi connectivity index (χ2n) is 14.1. The number of nitrogens with one attached hydrogen (secondary N) is 1. The van der Waals surface area contributed by atoms with E-state index in [0.717, 1.165) is 47.6 Å². The standard InChI is InChI=1S/C32H44BN8O3Si/c1-22-13-28(41(38-22)18-25-17-39(6)11-12-43-25)37-30-35-10-9-27(36-30)23-14-24(16-34)29-26(15-23)32(5,19-40(29)33-21-42)20-44-45(7,8)31(2,3)4/h9-10,13-15,21,25H,11-12,17-20H2,1-8H3,(H,35,36,37)/t25-,32+/m0/s1. The summed E-state index contributed by atoms with van der Waals surface area (Å²) in [5, 5.41) is 18.3. The lowest BCUT2D eigenvalue weighted by Crippen LogP contribution is -2.46. The van der Waals surface area contributed by atoms with Crippen LogP contribution < -0.4 is 10.1 Å². The SMILES string of the molecule is Cc1cc(Nc2nccc(-c3cc(C#N)c4c(c3)[C@@](C)(CO[Si](C)(C)C(C)(C)C)CN4[B]C=O)n2)n(C[C@@H]2CN(C)CCO2)n1. The number of nitriles is 1. The van der Waals surface area contributed by atoms with Crippen LogP contribution >= 0.6 is 0 Å². The molecule has 11 nitrogen and oxygen atoms in total. The minimum absolute atomic E-state index is 0.0395. The van der Waals surface area contributed by atoms with Gasteiger partial charge in [0.1, 0.15) is 18.1 Å². The summed E-state index contributed by atoms with van der Waals surface area (Å²) in [6.45, 7) is 19.3. The molecular formula is C32H44BN8O3Si. The minimum Gasteiger partial charge on any atom is -0.416 e. The molecule has 0 amide bonds. The highest BCUT2D eigenvalue weighted by Crippen LogP contribution is 2.46. The molecular weight excluding hydrogens is 583 g/mol. The molecule has 237 valence electrons. The van der Waals surface area contributed by atoms with Gasteiger partial charge in [-0.3, -0.25) is 0 Å². The Morgan fingerprint density at radius 2 is 2.09 bits per heavy atom. The molecule has 2 aliphatic rings. The molecule has 2 atom stereocenters. The van der Waals surface area contributed by atoms with E-state index in [1.807, 2.05) is 34.6 Å². The van der Waals surface area contributed by atoms with E-state index in [9.17, 15) is 10.1 Å². The summed E-state index contributed by atoms with van der Waals surface area (Å²) in [5.41, 5.74) is 4.11. The van der Waals surface area contributed by atoms with Gasteiger partial charge in [-0.25, -0.2) is 14.6 Å². The molecule has 1 saturated heterocycles. The Morgan fingerprint density at radius 3 is 2.78 bits per heavy atom. The quantitative estimate of drug-likeness (QED) is 0.254. The van der Waals surface area contributed by atoms with E-state index in [2.05, 4.69) is 80.3 Å². The van der Waals surface area contributed by atoms with Gasteiger partial charge in [-0.2, -0.15) is 10.4 Å². The van der Waals surface area contributed by atoms with Gasteiger partial charge in [0.2, 0.25) is 5.95 Å². The van der Waals surface area contributed by atoms with Crippen molar-refractivity contribution in [2.75, 3.05) is 50.0 Å². The monoisotopic (exact) mass is 627 g/mol. The van der Waals surface area contributed by atoms with Crippen LogP contribution in [0.25, 0.3) is 11.3 Å². The van der Waals surface area contributed by atoms with Crippen molar-refractivity contribution in [1.29, 1.82) is 5.26 Å². The van der Waals surface area contributed by atoms with Crippen molar-refractivity contribution >= 4 is 39.4 Å². The summed E-state index contributed by atoms with van der Waals surface area (Å²) in [7, 11) is 1.55. The molecule has 2 aliphatic heterocycles. The topological polar surface area (TPSA) is 121 Å². The van der Waals surface area contributed by atoms with Crippen LogP contribution in [0.3, 0.4) is 0 Å². The van der Waals surface area contributed by atoms with Crippen LogP contribution in [0.5, 0.6) is 0 Å². The number of hydrogen-bond acceptors (Lipinski definition) is 10. The maximum atomic E-state index is 11.6. The first-order valence-electron chi connectivity index (χ1n) is 15.5. The molecule has 2 aromatic heterocycles. The fourth-order valence-corrected chi connectivity index (χ4v) is 6.82. The number of ether oxygens (including phenoxy) is 1. The van der Waals surface area contributed by atoms with Gasteiger partial charge in [0.05, 0.1) is 36.2 Å². The lowest BCUT2D eigenvalue weighted by Gasteiger charge is -2.39. The molecule has 0 unspecified atom stereocenters. The molecule has 5 rings (SSSR count). The average molecular weight is 628 g/mol. The second-order valence-corrected chi connectivity index (χ2v) is 18.9. The normalized spacial score (nSPS) is 20.5. The van der Waals surface area contributed by atoms with Crippen molar-refractivity contribution in [2.24, 2.45) is 0 Å². The van der Waals surface area contributed by atoms with Crippen LogP contribution in [-0.4, -0.2) is 92.6 Å². The summed E-state index contributed by atoms with van der Waals surface area (Å²) < 4.78 is 14.6. The molecule has 0 saturated carbocycles. The first-order valence-corrected chi connectivity index (χ1v) is 18.4. The molecule has 1 N–H and O–H groups in total. The number of carbonyl (C=O) groups is 1. The summed E-state index contributed by atoms with van der Waals surface area (Å²) >= 11 is 0. The van der Waals surface area contributed by atoms with Crippen LogP contribution in [0.1, 0.15) is 44.5 Å². The summed E-state index contributed by atoms with van der Waals surface area (Å²) in [6, 6.07) is 10.1. The van der Waals surface area contributed by atoms with Gasteiger partial charge in [-0.15, -0.1) is 0 Å². The Hall–Kier alpha value is -3.57. The lowest BCUT2D eigenvalue weighted by atomic mass is 9.83. The van der Waals surface area contributed by atoms with Crippen molar-refractivity contribution in [3.8, 4) is 17.3 Å². The zero-order valence-electron chi connectivity index (χ0n) is 27.7. The van der Waals surface area contributed by atoms with Gasteiger partial charge < -0.3 is 29.0 Å². The summed E-state index contributed by atoms with van der Waals surface area (Å²) in [5.74, 6) is 1.21. The molecule has 1 fully saturated rings. The first-order chi connectivity index (χ1) is 21.2. The Kier molecular flexibility index (Phi) is 9.24. The van der Waals surface area contributed by atoms with Gasteiger partial charge in [0.25, 0.3) is 0 Å². The number of benzene rings is 1. The number of aryl methyl sites for hydroxylation is 1. The molecule has 3 aromatic rings. The van der Waals surface area contributed by atoms with Crippen molar-refractivity contribution in [2.45, 2.75) is 70.8 Å². The third-order valence-corrected chi connectivity index (χ3v) is 13.8. The second kappa shape index (κ2) is 12.7. The third-order valence-electron chi connectivity index (χ3n) is 9.30. The number of anilines is 3. The van der Waals surface area contributed by atoms with Gasteiger partial charge in [-0.1, -0.05) is 27.7 Å². The van der Waals surface area contributed by atoms with E-state index in [4.69, 9.17) is 14.1 Å².